The van der Waals surface area contributed by atoms with E-state index in [1.165, 1.54) is 0 Å². The van der Waals surface area contributed by atoms with Crippen molar-refractivity contribution in [3.05, 3.63) is 24.3 Å². The Morgan fingerprint density at radius 3 is 2.78 bits per heavy atom. The molecule has 0 saturated carbocycles. The first-order chi connectivity index (χ1) is 8.84. The van der Waals surface area contributed by atoms with Crippen LogP contribution in [0, 0.1) is 5.92 Å². The fraction of sp³-hybridized carbons (Fsp3) is 0.571. The predicted octanol–water partition coefficient (Wildman–Crippen LogP) is 1.61. The minimum absolute atomic E-state index is 0.151. The number of benzene rings is 1. The van der Waals surface area contributed by atoms with Crippen LogP contribution in [0.4, 0.5) is 0 Å². The number of para-hydroxylation sites is 2. The lowest BCUT2D eigenvalue weighted by atomic mass is 9.92. The smallest absolute Gasteiger partial charge is 0.161 e. The zero-order chi connectivity index (χ0) is 12.4. The van der Waals surface area contributed by atoms with Gasteiger partial charge in [0.05, 0.1) is 12.7 Å². The van der Waals surface area contributed by atoms with Gasteiger partial charge in [-0.25, -0.2) is 0 Å². The van der Waals surface area contributed by atoms with Gasteiger partial charge in [-0.15, -0.1) is 0 Å². The molecular weight excluding hydrogens is 232 g/mol. The molecule has 1 aromatic carbocycles. The summed E-state index contributed by atoms with van der Waals surface area (Å²) >= 11 is 0. The molecule has 3 unspecified atom stereocenters. The molecule has 1 N–H and O–H groups in total. The van der Waals surface area contributed by atoms with Gasteiger partial charge in [0, 0.05) is 12.5 Å². The van der Waals surface area contributed by atoms with Crippen molar-refractivity contribution in [2.75, 3.05) is 19.8 Å². The first kappa shape index (κ1) is 11.8. The van der Waals surface area contributed by atoms with E-state index in [4.69, 9.17) is 14.2 Å². The number of hydrogen-bond acceptors (Lipinski definition) is 4. The number of aliphatic hydroxyl groups excluding tert-OH is 1. The molecule has 0 bridgehead atoms. The van der Waals surface area contributed by atoms with Gasteiger partial charge >= 0.3 is 0 Å². The van der Waals surface area contributed by atoms with Gasteiger partial charge in [0.15, 0.2) is 17.6 Å². The second-order valence-corrected chi connectivity index (χ2v) is 4.88. The van der Waals surface area contributed by atoms with Crippen LogP contribution in [0.5, 0.6) is 11.5 Å². The maximum absolute atomic E-state index is 10.3. The van der Waals surface area contributed by atoms with Crippen molar-refractivity contribution < 1.29 is 19.3 Å². The Balaban J connectivity index is 1.67. The molecule has 4 heteroatoms. The normalized spacial score (nSPS) is 28.7. The standard InChI is InChI=1S/C14H18O4/c15-14(10-4-3-7-16-8-10)13-9-17-11-5-1-2-6-12(11)18-13/h1-2,5-6,10,13-15H,3-4,7-9H2. The largest absolute Gasteiger partial charge is 0.486 e. The average Bonchev–Trinajstić information content (AvgIpc) is 2.47. The van der Waals surface area contributed by atoms with E-state index >= 15 is 0 Å². The molecule has 0 aliphatic carbocycles. The molecule has 1 aromatic rings. The van der Waals surface area contributed by atoms with E-state index in [-0.39, 0.29) is 12.0 Å². The molecular formula is C14H18O4. The third-order valence-electron chi connectivity index (χ3n) is 3.59. The Kier molecular flexibility index (Phi) is 3.39. The van der Waals surface area contributed by atoms with E-state index < -0.39 is 6.10 Å². The van der Waals surface area contributed by atoms with Gasteiger partial charge in [0.25, 0.3) is 0 Å². The third kappa shape index (κ3) is 2.31. The first-order valence-electron chi connectivity index (χ1n) is 6.49. The van der Waals surface area contributed by atoms with E-state index in [1.54, 1.807) is 0 Å². The van der Waals surface area contributed by atoms with Crippen LogP contribution < -0.4 is 9.47 Å². The Bertz CT molecular complexity index is 401. The first-order valence-corrected chi connectivity index (χ1v) is 6.49. The van der Waals surface area contributed by atoms with E-state index in [1.807, 2.05) is 24.3 Å². The Labute approximate surface area is 106 Å². The number of hydrogen-bond donors (Lipinski definition) is 1. The van der Waals surface area contributed by atoms with Crippen LogP contribution >= 0.6 is 0 Å². The second-order valence-electron chi connectivity index (χ2n) is 4.88. The lowest BCUT2D eigenvalue weighted by Gasteiger charge is -2.34. The molecule has 2 heterocycles. The number of aliphatic hydroxyl groups is 1. The molecule has 2 aliphatic rings. The van der Waals surface area contributed by atoms with Crippen LogP contribution in [0.15, 0.2) is 24.3 Å². The number of fused-ring (bicyclic) bond motifs is 1. The minimum Gasteiger partial charge on any atom is -0.486 e. The van der Waals surface area contributed by atoms with E-state index in [0.717, 1.165) is 25.2 Å². The van der Waals surface area contributed by atoms with Crippen molar-refractivity contribution >= 4 is 0 Å². The fourth-order valence-corrected chi connectivity index (χ4v) is 2.54. The molecule has 0 spiro atoms. The predicted molar refractivity (Wildman–Crippen MR) is 65.9 cm³/mol. The SMILES string of the molecule is OC(C1CCCOC1)C1COc2ccccc2O1. The molecule has 3 atom stereocenters. The lowest BCUT2D eigenvalue weighted by Crippen LogP contribution is -2.45. The zero-order valence-corrected chi connectivity index (χ0v) is 10.2. The average molecular weight is 250 g/mol. The molecule has 0 radical (unpaired) electrons. The molecule has 1 saturated heterocycles. The topological polar surface area (TPSA) is 47.9 Å². The third-order valence-corrected chi connectivity index (χ3v) is 3.59. The summed E-state index contributed by atoms with van der Waals surface area (Å²) in [6.45, 7) is 1.81. The minimum atomic E-state index is -0.529. The van der Waals surface area contributed by atoms with Crippen molar-refractivity contribution in [3.63, 3.8) is 0 Å². The van der Waals surface area contributed by atoms with Crippen LogP contribution in [0.2, 0.25) is 0 Å². The molecule has 4 nitrogen and oxygen atoms in total. The summed E-state index contributed by atoms with van der Waals surface area (Å²) in [4.78, 5) is 0. The monoisotopic (exact) mass is 250 g/mol. The molecule has 98 valence electrons. The Morgan fingerprint density at radius 1 is 1.17 bits per heavy atom. The highest BCUT2D eigenvalue weighted by Crippen LogP contribution is 2.33. The highest BCUT2D eigenvalue weighted by atomic mass is 16.6. The summed E-state index contributed by atoms with van der Waals surface area (Å²) in [5.41, 5.74) is 0. The maximum atomic E-state index is 10.3. The number of ether oxygens (including phenoxy) is 3. The van der Waals surface area contributed by atoms with Crippen LogP contribution in [0.1, 0.15) is 12.8 Å². The van der Waals surface area contributed by atoms with E-state index in [0.29, 0.717) is 19.0 Å². The summed E-state index contributed by atoms with van der Waals surface area (Å²) in [6, 6.07) is 7.56. The molecule has 2 aliphatic heterocycles. The highest BCUT2D eigenvalue weighted by molar-refractivity contribution is 5.40. The van der Waals surface area contributed by atoms with Crippen LogP contribution in [0.25, 0.3) is 0 Å². The van der Waals surface area contributed by atoms with Gasteiger partial charge < -0.3 is 19.3 Å². The van der Waals surface area contributed by atoms with Crippen LogP contribution in [0.3, 0.4) is 0 Å². The molecule has 18 heavy (non-hydrogen) atoms. The molecule has 0 amide bonds. The summed E-state index contributed by atoms with van der Waals surface area (Å²) in [6.07, 6.45) is 1.17. The molecule has 3 rings (SSSR count). The van der Waals surface area contributed by atoms with Gasteiger partial charge in [-0.1, -0.05) is 12.1 Å². The lowest BCUT2D eigenvalue weighted by molar-refractivity contribution is -0.0752. The van der Waals surface area contributed by atoms with Gasteiger partial charge in [-0.3, -0.25) is 0 Å². The van der Waals surface area contributed by atoms with Crippen molar-refractivity contribution in [1.82, 2.24) is 0 Å². The van der Waals surface area contributed by atoms with Crippen molar-refractivity contribution in [3.8, 4) is 11.5 Å². The van der Waals surface area contributed by atoms with Gasteiger partial charge in [-0.05, 0) is 25.0 Å². The quantitative estimate of drug-likeness (QED) is 0.866. The molecule has 0 aromatic heterocycles. The Morgan fingerprint density at radius 2 is 2.00 bits per heavy atom. The van der Waals surface area contributed by atoms with Crippen molar-refractivity contribution in [1.29, 1.82) is 0 Å². The van der Waals surface area contributed by atoms with Crippen LogP contribution in [-0.2, 0) is 4.74 Å². The van der Waals surface area contributed by atoms with Gasteiger partial charge in [0.2, 0.25) is 0 Å². The van der Waals surface area contributed by atoms with Crippen molar-refractivity contribution in [2.45, 2.75) is 25.0 Å². The van der Waals surface area contributed by atoms with Gasteiger partial charge in [-0.2, -0.15) is 0 Å². The summed E-state index contributed by atoms with van der Waals surface area (Å²) in [7, 11) is 0. The van der Waals surface area contributed by atoms with E-state index in [2.05, 4.69) is 0 Å². The maximum Gasteiger partial charge on any atom is 0.161 e. The van der Waals surface area contributed by atoms with Gasteiger partial charge in [0.1, 0.15) is 6.61 Å². The second kappa shape index (κ2) is 5.16. The summed E-state index contributed by atoms with van der Waals surface area (Å²) in [5.74, 6) is 1.61. The Hall–Kier alpha value is -1.26. The highest BCUT2D eigenvalue weighted by Gasteiger charge is 2.34. The fourth-order valence-electron chi connectivity index (χ4n) is 2.54. The summed E-state index contributed by atoms with van der Waals surface area (Å²) < 4.78 is 16.8. The van der Waals surface area contributed by atoms with Crippen LogP contribution in [-0.4, -0.2) is 37.1 Å². The number of rotatable bonds is 2. The van der Waals surface area contributed by atoms with E-state index in [9.17, 15) is 5.11 Å². The zero-order valence-electron chi connectivity index (χ0n) is 10.2. The van der Waals surface area contributed by atoms with Crippen molar-refractivity contribution in [2.24, 2.45) is 5.92 Å². The molecule has 1 fully saturated rings. The summed E-state index contributed by atoms with van der Waals surface area (Å²) in [5, 5.41) is 10.3.